The maximum Gasteiger partial charge on any atom is 0.339 e. The van der Waals surface area contributed by atoms with Crippen molar-refractivity contribution in [3.05, 3.63) is 69.3 Å². The third kappa shape index (κ3) is 3.95. The van der Waals surface area contributed by atoms with Crippen LogP contribution in [0.1, 0.15) is 42.1 Å². The second-order valence-corrected chi connectivity index (χ2v) is 7.93. The minimum atomic E-state index is -0.680. The average Bonchev–Trinajstić information content (AvgIpc) is 2.75. The summed E-state index contributed by atoms with van der Waals surface area (Å²) in [4.78, 5) is 31.1. The Balaban J connectivity index is 1.51. The molecule has 6 heteroatoms. The lowest BCUT2D eigenvalue weighted by Gasteiger charge is -2.22. The molecule has 1 amide bonds. The molecule has 156 valence electrons. The Kier molecular flexibility index (Phi) is 5.57. The molecule has 0 fully saturated rings. The van der Waals surface area contributed by atoms with Gasteiger partial charge in [0.05, 0.1) is 12.2 Å². The van der Waals surface area contributed by atoms with Crippen LogP contribution >= 0.6 is 0 Å². The highest BCUT2D eigenvalue weighted by Gasteiger charge is 2.22. The number of aryl methyl sites for hydroxylation is 2. The van der Waals surface area contributed by atoms with Crippen LogP contribution in [0.25, 0.3) is 11.0 Å². The van der Waals surface area contributed by atoms with E-state index in [4.69, 9.17) is 9.15 Å². The van der Waals surface area contributed by atoms with Gasteiger partial charge >= 0.3 is 5.63 Å². The quantitative estimate of drug-likeness (QED) is 0.603. The van der Waals surface area contributed by atoms with E-state index in [2.05, 4.69) is 4.98 Å². The lowest BCUT2D eigenvalue weighted by molar-refractivity contribution is -0.137. The molecule has 1 aromatic carbocycles. The third-order valence-corrected chi connectivity index (χ3v) is 5.74. The van der Waals surface area contributed by atoms with E-state index in [1.54, 1.807) is 31.1 Å². The molecule has 3 aromatic rings. The number of benzene rings is 1. The zero-order chi connectivity index (χ0) is 21.3. The fraction of sp³-hybridized carbons (Fsp3) is 0.375. The predicted octanol–water partition coefficient (Wildman–Crippen LogP) is 3.80. The zero-order valence-corrected chi connectivity index (χ0v) is 17.6. The van der Waals surface area contributed by atoms with Crippen molar-refractivity contribution in [1.82, 2.24) is 9.88 Å². The van der Waals surface area contributed by atoms with Crippen molar-refractivity contribution in [1.29, 1.82) is 0 Å². The van der Waals surface area contributed by atoms with Crippen LogP contribution in [0.3, 0.4) is 0 Å². The van der Waals surface area contributed by atoms with E-state index in [0.29, 0.717) is 17.9 Å². The molecule has 6 nitrogen and oxygen atoms in total. The average molecular weight is 406 g/mol. The van der Waals surface area contributed by atoms with Crippen LogP contribution in [0.2, 0.25) is 0 Å². The van der Waals surface area contributed by atoms with Crippen LogP contribution < -0.4 is 10.4 Å². The summed E-state index contributed by atoms with van der Waals surface area (Å²) in [5, 5.41) is 0.957. The van der Waals surface area contributed by atoms with Gasteiger partial charge in [-0.25, -0.2) is 4.79 Å². The lowest BCUT2D eigenvalue weighted by Crippen LogP contribution is -2.37. The van der Waals surface area contributed by atoms with Crippen molar-refractivity contribution in [3.8, 4) is 5.75 Å². The number of ether oxygens (including phenoxy) is 1. The molecule has 0 saturated carbocycles. The van der Waals surface area contributed by atoms with E-state index in [0.717, 1.165) is 53.5 Å². The molecular formula is C24H26N2O4. The number of aromatic nitrogens is 1. The standard InChI is InChI=1S/C24H26N2O4/c1-15-7-6-12-25-21(15)14-26(3)23(27)16(2)29-17-10-11-19-18-8-4-5-9-20(18)24(28)30-22(19)13-17/h6-7,10-13,16H,4-5,8-9,14H2,1-3H3. The second kappa shape index (κ2) is 8.30. The zero-order valence-electron chi connectivity index (χ0n) is 17.6. The Morgan fingerprint density at radius 1 is 1.23 bits per heavy atom. The van der Waals surface area contributed by atoms with Gasteiger partial charge in [-0.15, -0.1) is 0 Å². The molecule has 1 atom stereocenters. The molecule has 0 bridgehead atoms. The Morgan fingerprint density at radius 2 is 2.00 bits per heavy atom. The van der Waals surface area contributed by atoms with E-state index in [1.165, 1.54) is 0 Å². The fourth-order valence-corrected chi connectivity index (χ4v) is 4.05. The monoisotopic (exact) mass is 406 g/mol. The molecule has 0 saturated heterocycles. The van der Waals surface area contributed by atoms with Gasteiger partial charge in [-0.05, 0) is 68.9 Å². The predicted molar refractivity (Wildman–Crippen MR) is 115 cm³/mol. The van der Waals surface area contributed by atoms with Crippen molar-refractivity contribution in [2.45, 2.75) is 52.2 Å². The van der Waals surface area contributed by atoms with E-state index in [1.807, 2.05) is 31.2 Å². The van der Waals surface area contributed by atoms with Gasteiger partial charge < -0.3 is 14.1 Å². The summed E-state index contributed by atoms with van der Waals surface area (Å²) in [7, 11) is 1.74. The van der Waals surface area contributed by atoms with Gasteiger partial charge in [-0.3, -0.25) is 9.78 Å². The summed E-state index contributed by atoms with van der Waals surface area (Å²) < 4.78 is 11.4. The van der Waals surface area contributed by atoms with Gasteiger partial charge in [-0.2, -0.15) is 0 Å². The first-order valence-electron chi connectivity index (χ1n) is 10.3. The first kappa shape index (κ1) is 20.1. The van der Waals surface area contributed by atoms with Crippen LogP contribution in [-0.4, -0.2) is 28.9 Å². The highest BCUT2D eigenvalue weighted by Crippen LogP contribution is 2.29. The van der Waals surface area contributed by atoms with Crippen LogP contribution in [0.4, 0.5) is 0 Å². The minimum Gasteiger partial charge on any atom is -0.481 e. The minimum absolute atomic E-state index is 0.146. The molecule has 4 rings (SSSR count). The van der Waals surface area contributed by atoms with Gasteiger partial charge in [0.1, 0.15) is 11.3 Å². The van der Waals surface area contributed by atoms with E-state index in [9.17, 15) is 9.59 Å². The molecule has 30 heavy (non-hydrogen) atoms. The maximum absolute atomic E-state index is 12.8. The number of pyridine rings is 1. The molecule has 2 aromatic heterocycles. The van der Waals surface area contributed by atoms with Gasteiger partial charge in [0.2, 0.25) is 0 Å². The molecule has 1 unspecified atom stereocenters. The number of carbonyl (C=O) groups is 1. The fourth-order valence-electron chi connectivity index (χ4n) is 4.05. The number of amides is 1. The van der Waals surface area contributed by atoms with Gasteiger partial charge in [0, 0.05) is 30.3 Å². The summed E-state index contributed by atoms with van der Waals surface area (Å²) in [6, 6.07) is 9.32. The number of rotatable bonds is 5. The second-order valence-electron chi connectivity index (χ2n) is 7.93. The number of nitrogens with zero attached hydrogens (tertiary/aromatic N) is 2. The summed E-state index contributed by atoms with van der Waals surface area (Å²) >= 11 is 0. The lowest BCUT2D eigenvalue weighted by atomic mass is 9.91. The Bertz CT molecular complexity index is 1150. The number of carbonyl (C=O) groups excluding carboxylic acids is 1. The van der Waals surface area contributed by atoms with Gasteiger partial charge in [0.25, 0.3) is 5.91 Å². The number of hydrogen-bond donors (Lipinski definition) is 0. The smallest absolute Gasteiger partial charge is 0.339 e. The largest absolute Gasteiger partial charge is 0.481 e. The number of hydrogen-bond acceptors (Lipinski definition) is 5. The Hall–Kier alpha value is -3.15. The maximum atomic E-state index is 12.8. The van der Waals surface area contributed by atoms with Crippen molar-refractivity contribution in [2.24, 2.45) is 0 Å². The van der Waals surface area contributed by atoms with Crippen LogP contribution in [-0.2, 0) is 24.2 Å². The van der Waals surface area contributed by atoms with E-state index in [-0.39, 0.29) is 11.5 Å². The SMILES string of the molecule is Cc1cccnc1CN(C)C(=O)C(C)Oc1ccc2c3c(c(=O)oc2c1)CCCC3. The van der Waals surface area contributed by atoms with Crippen molar-refractivity contribution < 1.29 is 13.9 Å². The molecule has 0 spiro atoms. The summed E-state index contributed by atoms with van der Waals surface area (Å²) in [5.74, 6) is 0.358. The molecule has 0 radical (unpaired) electrons. The first-order valence-corrected chi connectivity index (χ1v) is 10.3. The molecule has 1 aliphatic carbocycles. The van der Waals surface area contributed by atoms with Gasteiger partial charge in [-0.1, -0.05) is 6.07 Å². The van der Waals surface area contributed by atoms with Crippen LogP contribution in [0.5, 0.6) is 5.75 Å². The van der Waals surface area contributed by atoms with Crippen molar-refractivity contribution in [2.75, 3.05) is 7.05 Å². The normalized spacial score (nSPS) is 14.2. The highest BCUT2D eigenvalue weighted by molar-refractivity contribution is 5.83. The molecular weight excluding hydrogens is 380 g/mol. The first-order chi connectivity index (χ1) is 14.4. The third-order valence-electron chi connectivity index (χ3n) is 5.74. The van der Waals surface area contributed by atoms with Gasteiger partial charge in [0.15, 0.2) is 6.10 Å². The summed E-state index contributed by atoms with van der Waals surface area (Å²) in [5.41, 5.74) is 4.04. The molecule has 0 aliphatic heterocycles. The number of fused-ring (bicyclic) bond motifs is 3. The van der Waals surface area contributed by atoms with E-state index >= 15 is 0 Å². The van der Waals surface area contributed by atoms with Crippen LogP contribution in [0.15, 0.2) is 45.7 Å². The Morgan fingerprint density at radius 3 is 2.77 bits per heavy atom. The Labute approximate surface area is 175 Å². The summed E-state index contributed by atoms with van der Waals surface area (Å²) in [6.07, 6.45) is 4.82. The topological polar surface area (TPSA) is 72.6 Å². The molecule has 0 N–H and O–H groups in total. The molecule has 2 heterocycles. The van der Waals surface area contributed by atoms with Crippen molar-refractivity contribution >= 4 is 16.9 Å². The van der Waals surface area contributed by atoms with Crippen LogP contribution in [0, 0.1) is 6.92 Å². The molecule has 1 aliphatic rings. The summed E-state index contributed by atoms with van der Waals surface area (Å²) in [6.45, 7) is 4.11. The van der Waals surface area contributed by atoms with E-state index < -0.39 is 6.10 Å². The number of likely N-dealkylation sites (N-methyl/N-ethyl adjacent to an activating group) is 1. The van der Waals surface area contributed by atoms with Crippen molar-refractivity contribution in [3.63, 3.8) is 0 Å². The highest BCUT2D eigenvalue weighted by atomic mass is 16.5.